The first-order valence-electron chi connectivity index (χ1n) is 12.6. The summed E-state index contributed by atoms with van der Waals surface area (Å²) in [5.74, 6) is -3.05. The number of hydrogen-bond acceptors (Lipinski definition) is 5. The van der Waals surface area contributed by atoms with Gasteiger partial charge in [-0.2, -0.15) is 0 Å². The van der Waals surface area contributed by atoms with Crippen molar-refractivity contribution in [3.8, 4) is 0 Å². The zero-order valence-electron chi connectivity index (χ0n) is 21.7. The molecule has 1 unspecified atom stereocenters. The lowest BCUT2D eigenvalue weighted by molar-refractivity contribution is -0.140. The normalized spacial score (nSPS) is 11.2. The third-order valence-corrected chi connectivity index (χ3v) is 6.05. The van der Waals surface area contributed by atoms with Gasteiger partial charge in [-0.15, -0.1) is 0 Å². The number of carbonyl (C=O) groups is 3. The van der Waals surface area contributed by atoms with Gasteiger partial charge in [-0.05, 0) is 29.7 Å². The molecule has 5 aromatic rings. The van der Waals surface area contributed by atoms with Crippen molar-refractivity contribution in [1.29, 1.82) is 0 Å². The average Bonchev–Trinajstić information content (AvgIpc) is 3.35. The van der Waals surface area contributed by atoms with Crippen molar-refractivity contribution in [3.05, 3.63) is 120 Å². The molecule has 1 heterocycles. The standard InChI is InChI=1S/C15H14O2.C12H8O.C5H9NO4/c16-15(17)11-14(12-7-3-1-4-8-12)13-9-5-2-6-10-13;1-3-7-11-9(5-1)10-6-2-4-8-12(10)13-11;6-3(5(9)10)1-2-4(7)8/h1-10,14H,11H2,(H,16,17);1-8H;3H,1-2,6H2,(H,7,8)(H,9,10). The maximum atomic E-state index is 11.0. The number of carboxylic acid groups (broad SMARTS) is 3. The fraction of sp³-hybridized carbons (Fsp3) is 0.156. The molecular formula is C32H31NO7. The Morgan fingerprint density at radius 3 is 1.45 bits per heavy atom. The molecule has 206 valence electrons. The zero-order valence-corrected chi connectivity index (χ0v) is 21.7. The first-order chi connectivity index (χ1) is 19.3. The van der Waals surface area contributed by atoms with Crippen molar-refractivity contribution in [3.63, 3.8) is 0 Å². The third kappa shape index (κ3) is 8.82. The Hall–Kier alpha value is -4.95. The summed E-state index contributed by atoms with van der Waals surface area (Å²) in [5.41, 5.74) is 9.01. The molecule has 0 spiro atoms. The van der Waals surface area contributed by atoms with Crippen molar-refractivity contribution in [2.24, 2.45) is 5.73 Å². The number of hydrogen-bond donors (Lipinski definition) is 4. The summed E-state index contributed by atoms with van der Waals surface area (Å²) in [6.45, 7) is 0. The summed E-state index contributed by atoms with van der Waals surface area (Å²) in [6, 6.07) is 34.7. The van der Waals surface area contributed by atoms with E-state index in [1.165, 1.54) is 10.8 Å². The predicted molar refractivity (Wildman–Crippen MR) is 153 cm³/mol. The van der Waals surface area contributed by atoms with Crippen molar-refractivity contribution in [2.75, 3.05) is 0 Å². The van der Waals surface area contributed by atoms with Crippen LogP contribution in [0.15, 0.2) is 114 Å². The van der Waals surface area contributed by atoms with Gasteiger partial charge in [0.2, 0.25) is 0 Å². The van der Waals surface area contributed by atoms with Crippen LogP contribution >= 0.6 is 0 Å². The minimum Gasteiger partial charge on any atom is -0.481 e. The summed E-state index contributed by atoms with van der Waals surface area (Å²) in [4.78, 5) is 30.8. The van der Waals surface area contributed by atoms with Crippen LogP contribution in [0.2, 0.25) is 0 Å². The van der Waals surface area contributed by atoms with E-state index in [-0.39, 0.29) is 25.2 Å². The van der Waals surface area contributed by atoms with Crippen molar-refractivity contribution in [2.45, 2.75) is 31.2 Å². The Balaban J connectivity index is 0.000000172. The fourth-order valence-corrected chi connectivity index (χ4v) is 4.05. The van der Waals surface area contributed by atoms with E-state index in [2.05, 4.69) is 12.1 Å². The van der Waals surface area contributed by atoms with Gasteiger partial charge in [0.05, 0.1) is 6.42 Å². The van der Waals surface area contributed by atoms with Gasteiger partial charge >= 0.3 is 17.9 Å². The van der Waals surface area contributed by atoms with Gasteiger partial charge in [0.1, 0.15) is 17.2 Å². The Bertz CT molecular complexity index is 1440. The number of benzene rings is 4. The number of furan rings is 1. The zero-order chi connectivity index (χ0) is 28.9. The van der Waals surface area contributed by atoms with Crippen LogP contribution in [0.3, 0.4) is 0 Å². The maximum Gasteiger partial charge on any atom is 0.320 e. The molecule has 0 bridgehead atoms. The van der Waals surface area contributed by atoms with Crippen LogP contribution < -0.4 is 5.73 Å². The van der Waals surface area contributed by atoms with Crippen LogP contribution in [0.5, 0.6) is 0 Å². The van der Waals surface area contributed by atoms with E-state index in [1.807, 2.05) is 97.1 Å². The first kappa shape index (κ1) is 29.6. The Kier molecular flexibility index (Phi) is 11.0. The van der Waals surface area contributed by atoms with Gasteiger partial charge in [-0.3, -0.25) is 14.4 Å². The molecule has 4 aromatic carbocycles. The predicted octanol–water partition coefficient (Wildman–Crippen LogP) is 6.14. The summed E-state index contributed by atoms with van der Waals surface area (Å²) in [7, 11) is 0. The number of para-hydroxylation sites is 2. The molecule has 0 aliphatic rings. The quantitative estimate of drug-likeness (QED) is 0.183. The highest BCUT2D eigenvalue weighted by atomic mass is 16.4. The van der Waals surface area contributed by atoms with E-state index >= 15 is 0 Å². The van der Waals surface area contributed by atoms with Crippen molar-refractivity contribution < 1.29 is 34.1 Å². The van der Waals surface area contributed by atoms with Crippen LogP contribution in [-0.2, 0) is 14.4 Å². The van der Waals surface area contributed by atoms with Gasteiger partial charge in [0.25, 0.3) is 0 Å². The lowest BCUT2D eigenvalue weighted by Crippen LogP contribution is -2.30. The van der Waals surface area contributed by atoms with Gasteiger partial charge < -0.3 is 25.5 Å². The van der Waals surface area contributed by atoms with Gasteiger partial charge in [-0.25, -0.2) is 0 Å². The fourth-order valence-electron chi connectivity index (χ4n) is 4.05. The Labute approximate surface area is 231 Å². The molecule has 0 aliphatic carbocycles. The monoisotopic (exact) mass is 541 g/mol. The molecule has 8 heteroatoms. The highest BCUT2D eigenvalue weighted by Crippen LogP contribution is 2.28. The third-order valence-electron chi connectivity index (χ3n) is 6.05. The molecule has 0 fully saturated rings. The topological polar surface area (TPSA) is 151 Å². The van der Waals surface area contributed by atoms with Crippen molar-refractivity contribution >= 4 is 39.8 Å². The Morgan fingerprint density at radius 1 is 0.625 bits per heavy atom. The van der Waals surface area contributed by atoms with Gasteiger partial charge in [0, 0.05) is 23.1 Å². The van der Waals surface area contributed by atoms with Crippen LogP contribution in [0, 0.1) is 0 Å². The first-order valence-corrected chi connectivity index (χ1v) is 12.6. The molecule has 40 heavy (non-hydrogen) atoms. The van der Waals surface area contributed by atoms with E-state index in [1.54, 1.807) is 0 Å². The molecule has 0 saturated carbocycles. The van der Waals surface area contributed by atoms with Crippen LogP contribution in [-0.4, -0.2) is 39.3 Å². The molecule has 0 aliphatic heterocycles. The highest BCUT2D eigenvalue weighted by Gasteiger charge is 2.17. The van der Waals surface area contributed by atoms with E-state index in [4.69, 9.17) is 25.5 Å². The lowest BCUT2D eigenvalue weighted by atomic mass is 9.89. The molecule has 1 aromatic heterocycles. The Morgan fingerprint density at radius 2 is 1.05 bits per heavy atom. The second kappa shape index (κ2) is 14.8. The van der Waals surface area contributed by atoms with E-state index in [9.17, 15) is 14.4 Å². The maximum absolute atomic E-state index is 11.0. The second-order valence-electron chi connectivity index (χ2n) is 8.94. The molecule has 5 rings (SSSR count). The van der Waals surface area contributed by atoms with Crippen LogP contribution in [0.1, 0.15) is 36.3 Å². The average molecular weight is 542 g/mol. The molecule has 0 radical (unpaired) electrons. The minimum atomic E-state index is -1.17. The SMILES string of the molecule is NC(CCC(=O)O)C(=O)O.O=C(O)CC(c1ccccc1)c1ccccc1.c1ccc2c(c1)oc1ccccc12. The van der Waals surface area contributed by atoms with E-state index < -0.39 is 23.9 Å². The number of nitrogens with two attached hydrogens (primary N) is 1. The van der Waals surface area contributed by atoms with Gasteiger partial charge in [0.15, 0.2) is 0 Å². The number of rotatable bonds is 8. The van der Waals surface area contributed by atoms with Crippen molar-refractivity contribution in [1.82, 2.24) is 0 Å². The van der Waals surface area contributed by atoms with E-state index in [0.29, 0.717) is 0 Å². The lowest BCUT2D eigenvalue weighted by Gasteiger charge is -2.15. The molecular weight excluding hydrogens is 510 g/mol. The summed E-state index contributed by atoms with van der Waals surface area (Å²) in [5, 5.41) is 27.7. The van der Waals surface area contributed by atoms with Crippen LogP contribution in [0.4, 0.5) is 0 Å². The smallest absolute Gasteiger partial charge is 0.320 e. The summed E-state index contributed by atoms with van der Waals surface area (Å²) in [6.07, 6.45) is -0.105. The van der Waals surface area contributed by atoms with Gasteiger partial charge in [-0.1, -0.05) is 97.1 Å². The largest absolute Gasteiger partial charge is 0.481 e. The molecule has 0 amide bonds. The molecule has 1 atom stereocenters. The van der Waals surface area contributed by atoms with Crippen LogP contribution in [0.25, 0.3) is 21.9 Å². The number of carboxylic acids is 3. The minimum absolute atomic E-state index is 0.0231. The summed E-state index contributed by atoms with van der Waals surface area (Å²) < 4.78 is 5.65. The second-order valence-corrected chi connectivity index (χ2v) is 8.94. The molecule has 8 nitrogen and oxygen atoms in total. The summed E-state index contributed by atoms with van der Waals surface area (Å²) >= 11 is 0. The van der Waals surface area contributed by atoms with E-state index in [0.717, 1.165) is 22.3 Å². The number of fused-ring (bicyclic) bond motifs is 3. The molecule has 0 saturated heterocycles. The molecule has 5 N–H and O–H groups in total. The highest BCUT2D eigenvalue weighted by molar-refractivity contribution is 6.04. The number of aliphatic carboxylic acids is 3.